The summed E-state index contributed by atoms with van der Waals surface area (Å²) in [6, 6.07) is 12.7. The van der Waals surface area contributed by atoms with Crippen molar-refractivity contribution in [3.05, 3.63) is 64.9 Å². The zero-order valence-electron chi connectivity index (χ0n) is 9.85. The molecule has 0 aliphatic carbocycles. The summed E-state index contributed by atoms with van der Waals surface area (Å²) in [5.74, 6) is -0.907. The number of halogens is 2. The van der Waals surface area contributed by atoms with Crippen LogP contribution < -0.4 is 10.5 Å². The molecule has 1 atom stereocenters. The maximum atomic E-state index is 13.0. The lowest BCUT2D eigenvalue weighted by Gasteiger charge is -2.16. The molecule has 0 bridgehead atoms. The van der Waals surface area contributed by atoms with E-state index >= 15 is 0 Å². The zero-order chi connectivity index (χ0) is 13.8. The number of hydrogen-bond donors (Lipinski definition) is 1. The molecule has 98 valence electrons. The van der Waals surface area contributed by atoms with Crippen molar-refractivity contribution in [2.75, 3.05) is 0 Å². The van der Waals surface area contributed by atoms with Crippen LogP contribution >= 0.6 is 11.6 Å². The van der Waals surface area contributed by atoms with Crippen LogP contribution in [-0.2, 0) is 4.79 Å². The molecule has 0 aliphatic heterocycles. The Labute approximate surface area is 114 Å². The van der Waals surface area contributed by atoms with E-state index in [0.29, 0.717) is 5.56 Å². The second kappa shape index (κ2) is 5.71. The summed E-state index contributed by atoms with van der Waals surface area (Å²) in [5, 5.41) is -0.0752. The first-order valence-corrected chi connectivity index (χ1v) is 5.91. The van der Waals surface area contributed by atoms with Crippen molar-refractivity contribution in [3.8, 4) is 5.75 Å². The predicted molar refractivity (Wildman–Crippen MR) is 70.4 cm³/mol. The highest BCUT2D eigenvalue weighted by molar-refractivity contribution is 6.30. The Kier molecular flexibility index (Phi) is 4.02. The Morgan fingerprint density at radius 3 is 2.47 bits per heavy atom. The van der Waals surface area contributed by atoms with Gasteiger partial charge in [0, 0.05) is 11.6 Å². The summed E-state index contributed by atoms with van der Waals surface area (Å²) in [6.07, 6.45) is -0.942. The van der Waals surface area contributed by atoms with Gasteiger partial charge in [-0.05, 0) is 12.1 Å². The quantitative estimate of drug-likeness (QED) is 0.935. The molecule has 2 aromatic rings. The lowest BCUT2D eigenvalue weighted by molar-refractivity contribution is -0.125. The predicted octanol–water partition coefficient (Wildman–Crippen LogP) is 3.08. The van der Waals surface area contributed by atoms with Crippen molar-refractivity contribution in [2.24, 2.45) is 5.73 Å². The Morgan fingerprint density at radius 1 is 1.21 bits per heavy atom. The van der Waals surface area contributed by atoms with Crippen molar-refractivity contribution in [1.82, 2.24) is 0 Å². The summed E-state index contributed by atoms with van der Waals surface area (Å²) in [6.45, 7) is 0. The van der Waals surface area contributed by atoms with Crippen LogP contribution in [0.5, 0.6) is 5.75 Å². The average molecular weight is 280 g/mol. The third kappa shape index (κ3) is 3.23. The molecule has 0 heterocycles. The standard InChI is InChI=1S/C14H11ClFNO2/c15-11-8-10(6-7-12(11)16)19-13(14(17)18)9-4-2-1-3-5-9/h1-8,13H,(H2,17,18). The molecule has 3 nitrogen and oxygen atoms in total. The lowest BCUT2D eigenvalue weighted by Crippen LogP contribution is -2.26. The monoisotopic (exact) mass is 279 g/mol. The summed E-state index contributed by atoms with van der Waals surface area (Å²) in [5.41, 5.74) is 5.93. The Bertz CT molecular complexity index is 589. The van der Waals surface area contributed by atoms with Crippen LogP contribution in [0, 0.1) is 5.82 Å². The minimum atomic E-state index is -0.942. The maximum Gasteiger partial charge on any atom is 0.263 e. The first-order chi connectivity index (χ1) is 9.08. The normalized spacial score (nSPS) is 11.9. The van der Waals surface area contributed by atoms with Gasteiger partial charge in [-0.2, -0.15) is 0 Å². The van der Waals surface area contributed by atoms with Crippen molar-refractivity contribution in [3.63, 3.8) is 0 Å². The van der Waals surface area contributed by atoms with E-state index in [0.717, 1.165) is 0 Å². The van der Waals surface area contributed by atoms with Gasteiger partial charge in [-0.15, -0.1) is 0 Å². The largest absolute Gasteiger partial charge is 0.476 e. The number of amides is 1. The van der Waals surface area contributed by atoms with Crippen LogP contribution in [0.4, 0.5) is 4.39 Å². The van der Waals surface area contributed by atoms with Crippen molar-refractivity contribution < 1.29 is 13.9 Å². The molecule has 1 unspecified atom stereocenters. The van der Waals surface area contributed by atoms with Gasteiger partial charge in [-0.25, -0.2) is 4.39 Å². The molecule has 0 aliphatic rings. The molecule has 0 saturated carbocycles. The average Bonchev–Trinajstić information content (AvgIpc) is 2.40. The van der Waals surface area contributed by atoms with E-state index in [1.54, 1.807) is 24.3 Å². The van der Waals surface area contributed by atoms with Gasteiger partial charge in [-0.3, -0.25) is 4.79 Å². The smallest absolute Gasteiger partial charge is 0.263 e. The second-order valence-corrected chi connectivity index (χ2v) is 4.29. The minimum absolute atomic E-state index is 0.0752. The van der Waals surface area contributed by atoms with Gasteiger partial charge in [0.05, 0.1) is 5.02 Å². The van der Waals surface area contributed by atoms with E-state index < -0.39 is 17.8 Å². The third-order valence-corrected chi connectivity index (χ3v) is 2.80. The lowest BCUT2D eigenvalue weighted by atomic mass is 10.1. The molecule has 19 heavy (non-hydrogen) atoms. The van der Waals surface area contributed by atoms with Crippen LogP contribution in [-0.4, -0.2) is 5.91 Å². The molecular formula is C14H11ClFNO2. The summed E-state index contributed by atoms with van der Waals surface area (Å²) in [7, 11) is 0. The first-order valence-electron chi connectivity index (χ1n) is 5.54. The van der Waals surface area contributed by atoms with Gasteiger partial charge in [0.15, 0.2) is 0 Å². The fourth-order valence-electron chi connectivity index (χ4n) is 1.60. The highest BCUT2D eigenvalue weighted by Gasteiger charge is 2.19. The van der Waals surface area contributed by atoms with Crippen molar-refractivity contribution in [1.29, 1.82) is 0 Å². The van der Waals surface area contributed by atoms with Gasteiger partial charge in [-0.1, -0.05) is 41.9 Å². The SMILES string of the molecule is NC(=O)C(Oc1ccc(F)c(Cl)c1)c1ccccc1. The number of ether oxygens (including phenoxy) is 1. The number of nitrogens with two attached hydrogens (primary N) is 1. The van der Waals surface area contributed by atoms with Crippen LogP contribution in [0.2, 0.25) is 5.02 Å². The van der Waals surface area contributed by atoms with E-state index in [4.69, 9.17) is 22.1 Å². The highest BCUT2D eigenvalue weighted by Crippen LogP contribution is 2.26. The Hall–Kier alpha value is -2.07. The highest BCUT2D eigenvalue weighted by atomic mass is 35.5. The van der Waals surface area contributed by atoms with Gasteiger partial charge in [0.2, 0.25) is 6.10 Å². The number of carbonyl (C=O) groups excluding carboxylic acids is 1. The Morgan fingerprint density at radius 2 is 1.89 bits per heavy atom. The van der Waals surface area contributed by atoms with E-state index in [1.807, 2.05) is 6.07 Å². The maximum absolute atomic E-state index is 13.0. The molecule has 2 aromatic carbocycles. The fourth-order valence-corrected chi connectivity index (χ4v) is 1.77. The van der Waals surface area contributed by atoms with Gasteiger partial charge < -0.3 is 10.5 Å². The molecule has 2 rings (SSSR count). The zero-order valence-corrected chi connectivity index (χ0v) is 10.6. The molecule has 5 heteroatoms. The molecule has 0 aromatic heterocycles. The number of primary amides is 1. The molecule has 0 fully saturated rings. The third-order valence-electron chi connectivity index (χ3n) is 2.51. The van der Waals surface area contributed by atoms with Crippen LogP contribution in [0.25, 0.3) is 0 Å². The molecule has 2 N–H and O–H groups in total. The van der Waals surface area contributed by atoms with E-state index in [-0.39, 0.29) is 10.8 Å². The number of hydrogen-bond acceptors (Lipinski definition) is 2. The van der Waals surface area contributed by atoms with E-state index in [2.05, 4.69) is 0 Å². The van der Waals surface area contributed by atoms with Gasteiger partial charge in [0.1, 0.15) is 11.6 Å². The Balaban J connectivity index is 2.27. The van der Waals surface area contributed by atoms with Crippen molar-refractivity contribution in [2.45, 2.75) is 6.10 Å². The van der Waals surface area contributed by atoms with Gasteiger partial charge in [0.25, 0.3) is 5.91 Å². The van der Waals surface area contributed by atoms with Crippen molar-refractivity contribution >= 4 is 17.5 Å². The first kappa shape index (κ1) is 13.4. The summed E-state index contributed by atoms with van der Waals surface area (Å²) >= 11 is 5.65. The molecule has 0 spiro atoms. The molecule has 0 saturated heterocycles. The topological polar surface area (TPSA) is 52.3 Å². The number of carbonyl (C=O) groups is 1. The van der Waals surface area contributed by atoms with Crippen LogP contribution in [0.3, 0.4) is 0 Å². The number of rotatable bonds is 4. The van der Waals surface area contributed by atoms with Gasteiger partial charge >= 0.3 is 0 Å². The number of benzene rings is 2. The second-order valence-electron chi connectivity index (χ2n) is 3.89. The minimum Gasteiger partial charge on any atom is -0.476 e. The van der Waals surface area contributed by atoms with Crippen LogP contribution in [0.15, 0.2) is 48.5 Å². The van der Waals surface area contributed by atoms with E-state index in [9.17, 15) is 9.18 Å². The summed E-state index contributed by atoms with van der Waals surface area (Å²) < 4.78 is 18.5. The van der Waals surface area contributed by atoms with E-state index in [1.165, 1.54) is 18.2 Å². The molecular weight excluding hydrogens is 269 g/mol. The summed E-state index contributed by atoms with van der Waals surface area (Å²) in [4.78, 5) is 11.4. The van der Waals surface area contributed by atoms with Crippen LogP contribution in [0.1, 0.15) is 11.7 Å². The molecule has 0 radical (unpaired) electrons. The fraction of sp³-hybridized carbons (Fsp3) is 0.0714. The molecule has 1 amide bonds.